The Morgan fingerprint density at radius 2 is 1.77 bits per heavy atom. The van der Waals surface area contributed by atoms with Gasteiger partial charge in [0.25, 0.3) is 0 Å². The van der Waals surface area contributed by atoms with E-state index >= 15 is 0 Å². The van der Waals surface area contributed by atoms with Crippen LogP contribution in [-0.4, -0.2) is 80.8 Å². The third-order valence-corrected chi connectivity index (χ3v) is 9.18. The molecule has 0 saturated carbocycles. The number of aliphatic hydroxyl groups is 1. The van der Waals surface area contributed by atoms with Gasteiger partial charge in [-0.15, -0.1) is 0 Å². The van der Waals surface area contributed by atoms with Crippen LogP contribution in [0.25, 0.3) is 0 Å². The maximum absolute atomic E-state index is 13.6. The van der Waals surface area contributed by atoms with Crippen LogP contribution in [-0.2, 0) is 35.4 Å². The molecule has 0 amide bonds. The van der Waals surface area contributed by atoms with Crippen LogP contribution in [0.4, 0.5) is 0 Å². The molecule has 2 aromatic carbocycles. The molecule has 0 bridgehead atoms. The number of nitrogens with zero attached hydrogens (tertiary/aromatic N) is 1. The molecule has 0 spiro atoms. The van der Waals surface area contributed by atoms with Gasteiger partial charge in [-0.05, 0) is 60.7 Å². The predicted octanol–water partition coefficient (Wildman–Crippen LogP) is 2.96. The summed E-state index contributed by atoms with van der Waals surface area (Å²) in [5, 5.41) is 21.1. The van der Waals surface area contributed by atoms with E-state index in [1.54, 1.807) is 24.3 Å². The minimum atomic E-state index is -3.95. The minimum absolute atomic E-state index is 0.00956. The number of ether oxygens (including phenoxy) is 4. The van der Waals surface area contributed by atoms with Gasteiger partial charge in [-0.1, -0.05) is 26.0 Å². The van der Waals surface area contributed by atoms with E-state index in [1.807, 2.05) is 13.8 Å². The average Bonchev–Trinajstić information content (AvgIpc) is 3.54. The first-order valence-corrected chi connectivity index (χ1v) is 15.0. The summed E-state index contributed by atoms with van der Waals surface area (Å²) < 4.78 is 50.5. The second-order valence-electron chi connectivity index (χ2n) is 10.8. The Balaban J connectivity index is 1.52. The van der Waals surface area contributed by atoms with Gasteiger partial charge in [0.2, 0.25) is 10.0 Å². The lowest BCUT2D eigenvalue weighted by Crippen LogP contribution is -2.43. The van der Waals surface area contributed by atoms with E-state index in [9.17, 15) is 23.4 Å². The number of benzene rings is 2. The molecule has 0 radical (unpaired) electrons. The number of rotatable bonds is 13. The van der Waals surface area contributed by atoms with Crippen molar-refractivity contribution in [2.24, 2.45) is 17.8 Å². The molecule has 0 aliphatic carbocycles. The van der Waals surface area contributed by atoms with E-state index in [4.69, 9.17) is 18.9 Å². The third-order valence-electron chi connectivity index (χ3n) is 7.33. The fourth-order valence-corrected chi connectivity index (χ4v) is 6.81. The van der Waals surface area contributed by atoms with Crippen LogP contribution in [0.2, 0.25) is 0 Å². The standard InChI is InChI=1S/C29H39NO9S/c1-19(2)16-30(40(34,35)24-10-8-23(36-3)9-11-24)17-26(32)21(14-20-4-6-22(31)7-5-20)15-28(33)39-27-18-38-29-25(27)12-13-37-29/h4-11,19,21,25-27,29,31-32H,12-18H2,1-3H3/t21-,25?,26-,27?,29-/m1/s1. The summed E-state index contributed by atoms with van der Waals surface area (Å²) in [7, 11) is -2.44. The molecule has 2 N–H and O–H groups in total. The normalized spacial score (nSPS) is 22.3. The zero-order valence-corrected chi connectivity index (χ0v) is 24.0. The largest absolute Gasteiger partial charge is 0.508 e. The highest BCUT2D eigenvalue weighted by Gasteiger charge is 2.44. The number of carbonyl (C=O) groups is 1. The Morgan fingerprint density at radius 1 is 1.07 bits per heavy atom. The quantitative estimate of drug-likeness (QED) is 0.345. The van der Waals surface area contributed by atoms with Crippen LogP contribution < -0.4 is 4.74 Å². The van der Waals surface area contributed by atoms with Gasteiger partial charge in [-0.25, -0.2) is 8.42 Å². The minimum Gasteiger partial charge on any atom is -0.508 e. The lowest BCUT2D eigenvalue weighted by Gasteiger charge is -2.30. The van der Waals surface area contributed by atoms with Gasteiger partial charge in [0, 0.05) is 19.0 Å². The molecule has 4 rings (SSSR count). The summed E-state index contributed by atoms with van der Waals surface area (Å²) in [5.41, 5.74) is 0.788. The fourth-order valence-electron chi connectivity index (χ4n) is 5.19. The number of phenols is 1. The van der Waals surface area contributed by atoms with E-state index in [0.717, 1.165) is 12.0 Å². The lowest BCUT2D eigenvalue weighted by molar-refractivity contribution is -0.153. The van der Waals surface area contributed by atoms with Gasteiger partial charge in [0.15, 0.2) is 6.29 Å². The summed E-state index contributed by atoms with van der Waals surface area (Å²) in [5.74, 6) is -0.521. The predicted molar refractivity (Wildman–Crippen MR) is 146 cm³/mol. The monoisotopic (exact) mass is 577 g/mol. The van der Waals surface area contributed by atoms with Crippen LogP contribution in [0.15, 0.2) is 53.4 Å². The molecule has 11 heteroatoms. The first-order valence-electron chi connectivity index (χ1n) is 13.6. The number of aromatic hydroxyl groups is 1. The molecule has 2 fully saturated rings. The van der Waals surface area contributed by atoms with Crippen molar-refractivity contribution in [3.8, 4) is 11.5 Å². The number of hydrogen-bond donors (Lipinski definition) is 2. The van der Waals surface area contributed by atoms with Crippen molar-refractivity contribution in [3.05, 3.63) is 54.1 Å². The van der Waals surface area contributed by atoms with Crippen molar-refractivity contribution in [3.63, 3.8) is 0 Å². The highest BCUT2D eigenvalue weighted by atomic mass is 32.2. The van der Waals surface area contributed by atoms with Crippen molar-refractivity contribution in [1.82, 2.24) is 4.31 Å². The molecular weight excluding hydrogens is 538 g/mol. The maximum Gasteiger partial charge on any atom is 0.306 e. The Labute approximate surface area is 235 Å². The summed E-state index contributed by atoms with van der Waals surface area (Å²) in [6.45, 7) is 4.60. The average molecular weight is 578 g/mol. The van der Waals surface area contributed by atoms with Crippen molar-refractivity contribution in [2.75, 3.05) is 33.4 Å². The van der Waals surface area contributed by atoms with Crippen LogP contribution >= 0.6 is 0 Å². The van der Waals surface area contributed by atoms with E-state index in [0.29, 0.717) is 12.4 Å². The summed E-state index contributed by atoms with van der Waals surface area (Å²) >= 11 is 0. The van der Waals surface area contributed by atoms with Crippen molar-refractivity contribution in [1.29, 1.82) is 0 Å². The number of esters is 1. The Hall–Kier alpha value is -2.70. The van der Waals surface area contributed by atoms with Crippen molar-refractivity contribution in [2.45, 2.75) is 56.5 Å². The third kappa shape index (κ3) is 7.52. The van der Waals surface area contributed by atoms with Gasteiger partial charge in [-0.2, -0.15) is 4.31 Å². The van der Waals surface area contributed by atoms with Gasteiger partial charge >= 0.3 is 5.97 Å². The highest BCUT2D eigenvalue weighted by molar-refractivity contribution is 7.89. The van der Waals surface area contributed by atoms with E-state index in [-0.39, 0.29) is 61.3 Å². The van der Waals surface area contributed by atoms with Crippen LogP contribution in [0, 0.1) is 17.8 Å². The molecular formula is C29H39NO9S. The molecule has 2 unspecified atom stereocenters. The molecule has 2 aliphatic rings. The molecule has 2 heterocycles. The van der Waals surface area contributed by atoms with Crippen molar-refractivity contribution < 1.29 is 42.4 Å². The first kappa shape index (κ1) is 30.3. The fraction of sp³-hybridized carbons (Fsp3) is 0.552. The summed E-state index contributed by atoms with van der Waals surface area (Å²) in [6, 6.07) is 12.6. The maximum atomic E-state index is 13.6. The SMILES string of the molecule is COc1ccc(S(=O)(=O)N(CC(C)C)C[C@@H](O)[C@@H](CC(=O)OC2CO[C@H]3OCCC23)Cc2ccc(O)cc2)cc1. The summed E-state index contributed by atoms with van der Waals surface area (Å²) in [6.07, 6.45) is -1.03. The molecule has 2 aromatic rings. The van der Waals surface area contributed by atoms with Gasteiger partial charge in [0.05, 0.1) is 43.7 Å². The van der Waals surface area contributed by atoms with Crippen molar-refractivity contribution >= 4 is 16.0 Å². The Kier molecular flexibility index (Phi) is 10.1. The number of hydrogen-bond acceptors (Lipinski definition) is 9. The Morgan fingerprint density at radius 3 is 2.42 bits per heavy atom. The Bertz CT molecular complexity index is 1220. The smallest absolute Gasteiger partial charge is 0.306 e. The number of fused-ring (bicyclic) bond motifs is 1. The molecule has 0 aromatic heterocycles. The lowest BCUT2D eigenvalue weighted by atomic mass is 9.90. The number of carbonyl (C=O) groups excluding carboxylic acids is 1. The summed E-state index contributed by atoms with van der Waals surface area (Å²) in [4.78, 5) is 13.2. The van der Waals surface area contributed by atoms with Crippen LogP contribution in [0.1, 0.15) is 32.3 Å². The molecule has 2 saturated heterocycles. The molecule has 2 aliphatic heterocycles. The van der Waals surface area contributed by atoms with Gasteiger partial charge in [0.1, 0.15) is 17.6 Å². The van der Waals surface area contributed by atoms with Gasteiger partial charge < -0.3 is 29.2 Å². The number of phenolic OH excluding ortho intramolecular Hbond substituents is 1. The zero-order chi connectivity index (χ0) is 28.9. The number of aliphatic hydroxyl groups excluding tert-OH is 1. The van der Waals surface area contributed by atoms with E-state index < -0.39 is 34.1 Å². The first-order chi connectivity index (χ1) is 19.1. The topological polar surface area (TPSA) is 132 Å². The number of sulfonamides is 1. The van der Waals surface area contributed by atoms with Crippen LogP contribution in [0.5, 0.6) is 11.5 Å². The zero-order valence-electron chi connectivity index (χ0n) is 23.1. The molecule has 220 valence electrons. The number of methoxy groups -OCH3 is 1. The highest BCUT2D eigenvalue weighted by Crippen LogP contribution is 2.33. The van der Waals surface area contributed by atoms with Crippen LogP contribution in [0.3, 0.4) is 0 Å². The molecule has 10 nitrogen and oxygen atoms in total. The molecule has 5 atom stereocenters. The van der Waals surface area contributed by atoms with E-state index in [2.05, 4.69) is 0 Å². The van der Waals surface area contributed by atoms with Gasteiger partial charge in [-0.3, -0.25) is 4.79 Å². The molecule has 40 heavy (non-hydrogen) atoms. The second kappa shape index (κ2) is 13.3. The van der Waals surface area contributed by atoms with E-state index in [1.165, 1.54) is 35.7 Å². The second-order valence-corrected chi connectivity index (χ2v) is 12.8.